The lowest BCUT2D eigenvalue weighted by Gasteiger charge is -2.03. The Labute approximate surface area is 96.7 Å². The summed E-state index contributed by atoms with van der Waals surface area (Å²) in [5.74, 6) is -2.67. The molecule has 1 aromatic heterocycles. The summed E-state index contributed by atoms with van der Waals surface area (Å²) in [5.41, 5.74) is 0.126. The molecule has 0 atom stereocenters. The van der Waals surface area contributed by atoms with Crippen molar-refractivity contribution < 1.29 is 13.6 Å². The van der Waals surface area contributed by atoms with Gasteiger partial charge in [-0.25, -0.2) is 8.78 Å². The smallest absolute Gasteiger partial charge is 0.199 e. The van der Waals surface area contributed by atoms with Crippen LogP contribution in [0.4, 0.5) is 8.78 Å². The van der Waals surface area contributed by atoms with Gasteiger partial charge in [0.2, 0.25) is 0 Å². The molecule has 2 rings (SSSR count). The molecule has 17 heavy (non-hydrogen) atoms. The van der Waals surface area contributed by atoms with Gasteiger partial charge in [0.15, 0.2) is 17.4 Å². The van der Waals surface area contributed by atoms with Crippen LogP contribution in [0.25, 0.3) is 0 Å². The Morgan fingerprint density at radius 2 is 2.00 bits per heavy atom. The maximum Gasteiger partial charge on any atom is 0.199 e. The van der Waals surface area contributed by atoms with E-state index in [0.717, 1.165) is 0 Å². The van der Waals surface area contributed by atoms with Gasteiger partial charge < -0.3 is 0 Å². The van der Waals surface area contributed by atoms with Crippen LogP contribution in [-0.4, -0.2) is 15.6 Å². The van der Waals surface area contributed by atoms with Crippen molar-refractivity contribution in [1.82, 2.24) is 9.78 Å². The molecule has 2 aromatic rings. The Morgan fingerprint density at radius 3 is 2.59 bits per heavy atom. The van der Waals surface area contributed by atoms with Gasteiger partial charge >= 0.3 is 0 Å². The average Bonchev–Trinajstić information content (AvgIpc) is 2.72. The molecule has 3 nitrogen and oxygen atoms in total. The molecular formula is C12H10F2N2O. The second-order valence-corrected chi connectivity index (χ2v) is 3.79. The molecule has 0 radical (unpaired) electrons. The molecule has 0 bridgehead atoms. The third kappa shape index (κ3) is 1.95. The van der Waals surface area contributed by atoms with Crippen molar-refractivity contribution in [2.75, 3.05) is 0 Å². The third-order valence-corrected chi connectivity index (χ3v) is 2.49. The Kier molecular flexibility index (Phi) is 2.75. The number of aromatic nitrogens is 2. The fourth-order valence-electron chi connectivity index (χ4n) is 1.52. The van der Waals surface area contributed by atoms with Crippen molar-refractivity contribution in [3.8, 4) is 0 Å². The van der Waals surface area contributed by atoms with Gasteiger partial charge in [-0.1, -0.05) is 6.07 Å². The molecule has 0 saturated carbocycles. The van der Waals surface area contributed by atoms with Crippen LogP contribution in [0.15, 0.2) is 24.5 Å². The summed E-state index contributed by atoms with van der Waals surface area (Å²) < 4.78 is 28.3. The summed E-state index contributed by atoms with van der Waals surface area (Å²) >= 11 is 0. The molecule has 0 amide bonds. The summed E-state index contributed by atoms with van der Waals surface area (Å²) in [4.78, 5) is 11.9. The lowest BCUT2D eigenvalue weighted by molar-refractivity contribution is 0.103. The molecule has 0 unspecified atom stereocenters. The number of carbonyl (C=O) groups excluding carboxylic acids is 1. The highest BCUT2D eigenvalue weighted by Crippen LogP contribution is 2.18. The van der Waals surface area contributed by atoms with Crippen LogP contribution in [0.1, 0.15) is 21.5 Å². The van der Waals surface area contributed by atoms with E-state index in [1.54, 1.807) is 7.05 Å². The van der Waals surface area contributed by atoms with Crippen LogP contribution < -0.4 is 0 Å². The number of halogens is 2. The van der Waals surface area contributed by atoms with Gasteiger partial charge in [-0.05, 0) is 18.6 Å². The summed E-state index contributed by atoms with van der Waals surface area (Å²) in [7, 11) is 1.64. The van der Waals surface area contributed by atoms with Crippen LogP contribution in [0, 0.1) is 18.6 Å². The number of nitrogens with zero attached hydrogens (tertiary/aromatic N) is 2. The third-order valence-electron chi connectivity index (χ3n) is 2.49. The molecular weight excluding hydrogens is 226 g/mol. The van der Waals surface area contributed by atoms with Crippen LogP contribution in [-0.2, 0) is 7.05 Å². The highest BCUT2D eigenvalue weighted by Gasteiger charge is 2.19. The van der Waals surface area contributed by atoms with Crippen molar-refractivity contribution in [2.45, 2.75) is 6.92 Å². The molecule has 1 heterocycles. The number of aryl methyl sites for hydroxylation is 2. The van der Waals surface area contributed by atoms with Gasteiger partial charge in [-0.2, -0.15) is 5.10 Å². The maximum absolute atomic E-state index is 13.6. The van der Waals surface area contributed by atoms with Crippen molar-refractivity contribution in [3.05, 3.63) is 52.9 Å². The molecule has 0 aliphatic carbocycles. The van der Waals surface area contributed by atoms with E-state index in [4.69, 9.17) is 0 Å². The number of ketones is 1. The zero-order valence-electron chi connectivity index (χ0n) is 9.37. The number of benzene rings is 1. The molecule has 0 fully saturated rings. The Morgan fingerprint density at radius 1 is 1.29 bits per heavy atom. The van der Waals surface area contributed by atoms with Crippen LogP contribution in [0.2, 0.25) is 0 Å². The van der Waals surface area contributed by atoms with Gasteiger partial charge in [0.05, 0.1) is 17.3 Å². The predicted molar refractivity (Wildman–Crippen MR) is 57.7 cm³/mol. The second-order valence-electron chi connectivity index (χ2n) is 3.79. The predicted octanol–water partition coefficient (Wildman–Crippen LogP) is 2.24. The standard InChI is InChI=1S/C12H10F2N2O/c1-7-3-4-9(11(14)10(7)13)12(17)8-5-15-16(2)6-8/h3-6H,1-2H3. The topological polar surface area (TPSA) is 34.9 Å². The molecule has 0 N–H and O–H groups in total. The quantitative estimate of drug-likeness (QED) is 0.749. The van der Waals surface area contributed by atoms with Gasteiger partial charge in [-0.15, -0.1) is 0 Å². The number of hydrogen-bond acceptors (Lipinski definition) is 2. The zero-order chi connectivity index (χ0) is 12.6. The second kappa shape index (κ2) is 4.08. The van der Waals surface area contributed by atoms with Crippen LogP contribution >= 0.6 is 0 Å². The minimum Gasteiger partial charge on any atom is -0.288 e. The van der Waals surface area contributed by atoms with E-state index in [0.29, 0.717) is 0 Å². The van der Waals surface area contributed by atoms with Gasteiger partial charge in [0.1, 0.15) is 0 Å². The van der Waals surface area contributed by atoms with E-state index in [1.165, 1.54) is 36.1 Å². The summed E-state index contributed by atoms with van der Waals surface area (Å²) in [6, 6.07) is 2.66. The monoisotopic (exact) mass is 236 g/mol. The van der Waals surface area contributed by atoms with E-state index in [9.17, 15) is 13.6 Å². The summed E-state index contributed by atoms with van der Waals surface area (Å²) in [6.45, 7) is 1.44. The van der Waals surface area contributed by atoms with E-state index >= 15 is 0 Å². The van der Waals surface area contributed by atoms with E-state index in [1.807, 2.05) is 0 Å². The van der Waals surface area contributed by atoms with E-state index in [-0.39, 0.29) is 16.7 Å². The molecule has 1 aromatic carbocycles. The average molecular weight is 236 g/mol. The summed E-state index contributed by atoms with van der Waals surface area (Å²) in [5, 5.41) is 3.81. The van der Waals surface area contributed by atoms with Crippen LogP contribution in [0.3, 0.4) is 0 Å². The highest BCUT2D eigenvalue weighted by molar-refractivity contribution is 6.08. The lowest BCUT2D eigenvalue weighted by atomic mass is 10.0. The minimum absolute atomic E-state index is 0.172. The largest absolute Gasteiger partial charge is 0.288 e. The molecule has 0 aliphatic heterocycles. The fraction of sp³-hybridized carbons (Fsp3) is 0.167. The lowest BCUT2D eigenvalue weighted by Crippen LogP contribution is -2.06. The number of hydrogen-bond donors (Lipinski definition) is 0. The maximum atomic E-state index is 13.6. The molecule has 88 valence electrons. The van der Waals surface area contributed by atoms with Crippen molar-refractivity contribution in [1.29, 1.82) is 0 Å². The van der Waals surface area contributed by atoms with Gasteiger partial charge in [0, 0.05) is 13.2 Å². The highest BCUT2D eigenvalue weighted by atomic mass is 19.2. The molecule has 5 heteroatoms. The van der Waals surface area contributed by atoms with E-state index < -0.39 is 17.4 Å². The van der Waals surface area contributed by atoms with Crippen molar-refractivity contribution in [3.63, 3.8) is 0 Å². The first kappa shape index (κ1) is 11.4. The number of rotatable bonds is 2. The first-order valence-electron chi connectivity index (χ1n) is 4.98. The zero-order valence-corrected chi connectivity index (χ0v) is 9.37. The normalized spacial score (nSPS) is 10.6. The Bertz CT molecular complexity index is 590. The Hall–Kier alpha value is -2.04. The summed E-state index contributed by atoms with van der Waals surface area (Å²) in [6.07, 6.45) is 2.78. The fourth-order valence-corrected chi connectivity index (χ4v) is 1.52. The van der Waals surface area contributed by atoms with Crippen LogP contribution in [0.5, 0.6) is 0 Å². The van der Waals surface area contributed by atoms with Gasteiger partial charge in [-0.3, -0.25) is 9.48 Å². The molecule has 0 spiro atoms. The van der Waals surface area contributed by atoms with Gasteiger partial charge in [0.25, 0.3) is 0 Å². The Balaban J connectivity index is 2.48. The SMILES string of the molecule is Cc1ccc(C(=O)c2cnn(C)c2)c(F)c1F. The first-order valence-corrected chi connectivity index (χ1v) is 4.98. The minimum atomic E-state index is -1.11. The van der Waals surface area contributed by atoms with Crippen molar-refractivity contribution >= 4 is 5.78 Å². The van der Waals surface area contributed by atoms with Crippen molar-refractivity contribution in [2.24, 2.45) is 7.05 Å². The molecule has 0 aliphatic rings. The first-order chi connectivity index (χ1) is 8.00. The number of carbonyl (C=O) groups is 1. The molecule has 0 saturated heterocycles. The van der Waals surface area contributed by atoms with E-state index in [2.05, 4.69) is 5.10 Å².